The molecule has 1 aromatic heterocycles. The average molecular weight is 325 g/mol. The van der Waals surface area contributed by atoms with Gasteiger partial charge in [-0.05, 0) is 24.6 Å². The minimum absolute atomic E-state index is 0.130. The third-order valence-electron chi connectivity index (χ3n) is 3.20. The molecule has 2 aromatic rings. The molecule has 21 heavy (non-hydrogen) atoms. The summed E-state index contributed by atoms with van der Waals surface area (Å²) in [5, 5.41) is 6.35. The lowest BCUT2D eigenvalue weighted by Crippen LogP contribution is -2.22. The first kappa shape index (κ1) is 16.1. The average Bonchev–Trinajstić information content (AvgIpc) is 2.98. The molecule has 7 heteroatoms. The fourth-order valence-electron chi connectivity index (χ4n) is 1.84. The van der Waals surface area contributed by atoms with Crippen LogP contribution in [-0.4, -0.2) is 31.8 Å². The summed E-state index contributed by atoms with van der Waals surface area (Å²) in [6, 6.07) is 7.11. The fraction of sp³-hybridized carbons (Fsp3) is 0.357. The van der Waals surface area contributed by atoms with Crippen LogP contribution in [0.1, 0.15) is 23.5 Å². The van der Waals surface area contributed by atoms with E-state index in [0.29, 0.717) is 11.4 Å². The smallest absolute Gasteiger partial charge is 0.242 e. The Morgan fingerprint density at radius 1 is 1.29 bits per heavy atom. The Hall–Kier alpha value is -1.28. The van der Waals surface area contributed by atoms with E-state index in [-0.39, 0.29) is 6.04 Å². The zero-order chi connectivity index (χ0) is 15.5. The molecule has 0 saturated carbocycles. The molecule has 2 rings (SSSR count). The maximum atomic E-state index is 12.0. The van der Waals surface area contributed by atoms with Crippen LogP contribution in [0, 0.1) is 0 Å². The second-order valence-corrected chi connectivity index (χ2v) is 8.02. The van der Waals surface area contributed by atoms with Gasteiger partial charge in [0.05, 0.1) is 4.90 Å². The summed E-state index contributed by atoms with van der Waals surface area (Å²) >= 11 is 1.61. The van der Waals surface area contributed by atoms with E-state index in [1.165, 1.54) is 18.4 Å². The van der Waals surface area contributed by atoms with E-state index in [0.717, 1.165) is 10.6 Å². The van der Waals surface area contributed by atoms with Gasteiger partial charge in [-0.2, -0.15) is 0 Å². The van der Waals surface area contributed by atoms with Gasteiger partial charge in [-0.1, -0.05) is 12.1 Å². The number of rotatable bonds is 6. The molecule has 0 aliphatic rings. The minimum atomic E-state index is -3.36. The lowest BCUT2D eigenvalue weighted by atomic mass is 10.1. The van der Waals surface area contributed by atoms with E-state index < -0.39 is 10.0 Å². The van der Waals surface area contributed by atoms with Gasteiger partial charge in [0.15, 0.2) is 0 Å². The lowest BCUT2D eigenvalue weighted by Gasteiger charge is -2.15. The molecule has 0 amide bonds. The van der Waals surface area contributed by atoms with Crippen LogP contribution < -0.4 is 5.32 Å². The molecule has 0 fully saturated rings. The van der Waals surface area contributed by atoms with Crippen LogP contribution in [0.15, 0.2) is 40.7 Å². The molecule has 5 nitrogen and oxygen atoms in total. The minimum Gasteiger partial charge on any atom is -0.304 e. The first-order chi connectivity index (χ1) is 9.91. The highest BCUT2D eigenvalue weighted by molar-refractivity contribution is 7.89. The van der Waals surface area contributed by atoms with Gasteiger partial charge in [-0.25, -0.2) is 17.7 Å². The number of sulfonamides is 1. The lowest BCUT2D eigenvalue weighted by molar-refractivity contribution is 0.520. The van der Waals surface area contributed by atoms with Gasteiger partial charge in [0.25, 0.3) is 0 Å². The highest BCUT2D eigenvalue weighted by atomic mass is 32.2. The van der Waals surface area contributed by atoms with Crippen molar-refractivity contribution in [1.29, 1.82) is 0 Å². The second kappa shape index (κ2) is 6.65. The van der Waals surface area contributed by atoms with Gasteiger partial charge in [-0.3, -0.25) is 0 Å². The summed E-state index contributed by atoms with van der Waals surface area (Å²) < 4.78 is 25.2. The summed E-state index contributed by atoms with van der Waals surface area (Å²) in [7, 11) is -0.304. The molecule has 0 saturated heterocycles. The Balaban J connectivity index is 2.05. The van der Waals surface area contributed by atoms with Crippen molar-refractivity contribution in [3.63, 3.8) is 0 Å². The topological polar surface area (TPSA) is 62.3 Å². The molecule has 1 atom stereocenters. The molecule has 1 unspecified atom stereocenters. The van der Waals surface area contributed by atoms with Crippen LogP contribution in [0.2, 0.25) is 0 Å². The van der Waals surface area contributed by atoms with Gasteiger partial charge in [0.2, 0.25) is 10.0 Å². The van der Waals surface area contributed by atoms with Crippen molar-refractivity contribution < 1.29 is 8.42 Å². The van der Waals surface area contributed by atoms with E-state index in [1.54, 1.807) is 29.7 Å². The molecular formula is C14H19N3O2S2. The number of hydrogen-bond acceptors (Lipinski definition) is 5. The maximum absolute atomic E-state index is 12.0. The first-order valence-electron chi connectivity index (χ1n) is 6.55. The summed E-state index contributed by atoms with van der Waals surface area (Å²) in [6.07, 6.45) is 1.78. The number of thiazole rings is 1. The molecule has 0 spiro atoms. The van der Waals surface area contributed by atoms with Gasteiger partial charge in [0, 0.05) is 38.3 Å². The normalized spacial score (nSPS) is 13.5. The summed E-state index contributed by atoms with van der Waals surface area (Å²) in [6.45, 7) is 2.75. The van der Waals surface area contributed by atoms with E-state index in [1.807, 2.05) is 24.4 Å². The van der Waals surface area contributed by atoms with Gasteiger partial charge >= 0.3 is 0 Å². The highest BCUT2D eigenvalue weighted by Crippen LogP contribution is 2.18. The van der Waals surface area contributed by atoms with Gasteiger partial charge in [0.1, 0.15) is 5.01 Å². The quantitative estimate of drug-likeness (QED) is 0.885. The largest absolute Gasteiger partial charge is 0.304 e. The van der Waals surface area contributed by atoms with Crippen LogP contribution >= 0.6 is 11.3 Å². The highest BCUT2D eigenvalue weighted by Gasteiger charge is 2.17. The number of benzene rings is 1. The predicted octanol–water partition coefficient (Wildman–Crippen LogP) is 2.24. The first-order valence-corrected chi connectivity index (χ1v) is 8.87. The number of aromatic nitrogens is 1. The number of nitrogens with zero attached hydrogens (tertiary/aromatic N) is 2. The van der Waals surface area contributed by atoms with E-state index >= 15 is 0 Å². The second-order valence-electron chi connectivity index (χ2n) is 4.88. The Labute approximate surface area is 129 Å². The molecule has 0 bridgehead atoms. The standard InChI is InChI=1S/C14H19N3O2S2/c1-11(16-10-14-15-8-9-20-14)12-4-6-13(7-5-12)21(18,19)17(2)3/h4-9,11,16H,10H2,1-3H3. The third kappa shape index (κ3) is 3.88. The van der Waals surface area contributed by atoms with Crippen LogP contribution in [0.4, 0.5) is 0 Å². The van der Waals surface area contributed by atoms with E-state index in [4.69, 9.17) is 0 Å². The number of hydrogen-bond donors (Lipinski definition) is 1. The Morgan fingerprint density at radius 3 is 2.48 bits per heavy atom. The molecular weight excluding hydrogens is 306 g/mol. The van der Waals surface area contributed by atoms with Crippen LogP contribution in [0.5, 0.6) is 0 Å². The Morgan fingerprint density at radius 2 is 1.95 bits per heavy atom. The third-order valence-corrected chi connectivity index (χ3v) is 5.81. The Bertz CT molecular complexity index is 665. The van der Waals surface area contributed by atoms with Gasteiger partial charge < -0.3 is 5.32 Å². The molecule has 1 heterocycles. The van der Waals surface area contributed by atoms with Crippen molar-refractivity contribution >= 4 is 21.4 Å². The summed E-state index contributed by atoms with van der Waals surface area (Å²) in [5.41, 5.74) is 1.05. The van der Waals surface area contributed by atoms with Crippen LogP contribution in [0.3, 0.4) is 0 Å². The molecule has 1 aromatic carbocycles. The zero-order valence-corrected chi connectivity index (χ0v) is 13.9. The van der Waals surface area contributed by atoms with Crippen molar-refractivity contribution in [1.82, 2.24) is 14.6 Å². The zero-order valence-electron chi connectivity index (χ0n) is 12.3. The van der Waals surface area contributed by atoms with Crippen molar-refractivity contribution in [3.8, 4) is 0 Å². The maximum Gasteiger partial charge on any atom is 0.242 e. The van der Waals surface area contributed by atoms with Gasteiger partial charge in [-0.15, -0.1) is 11.3 Å². The molecule has 114 valence electrons. The molecule has 0 aliphatic carbocycles. The molecule has 0 radical (unpaired) electrons. The monoisotopic (exact) mass is 325 g/mol. The van der Waals surface area contributed by atoms with Crippen molar-refractivity contribution in [2.24, 2.45) is 0 Å². The van der Waals surface area contributed by atoms with Crippen molar-refractivity contribution in [3.05, 3.63) is 46.4 Å². The SMILES string of the molecule is CC(NCc1nccs1)c1ccc(S(=O)(=O)N(C)C)cc1. The van der Waals surface area contributed by atoms with Crippen molar-refractivity contribution in [2.75, 3.05) is 14.1 Å². The predicted molar refractivity (Wildman–Crippen MR) is 84.7 cm³/mol. The van der Waals surface area contributed by atoms with Crippen molar-refractivity contribution in [2.45, 2.75) is 24.4 Å². The van der Waals surface area contributed by atoms with E-state index in [9.17, 15) is 8.42 Å². The summed E-state index contributed by atoms with van der Waals surface area (Å²) in [4.78, 5) is 4.53. The Kier molecular flexibility index (Phi) is 5.10. The molecule has 0 aliphatic heterocycles. The molecule has 1 N–H and O–H groups in total. The summed E-state index contributed by atoms with van der Waals surface area (Å²) in [5.74, 6) is 0. The van der Waals surface area contributed by atoms with Crippen LogP contribution in [-0.2, 0) is 16.6 Å². The fourth-order valence-corrected chi connectivity index (χ4v) is 3.31. The van der Waals surface area contributed by atoms with E-state index in [2.05, 4.69) is 10.3 Å². The van der Waals surface area contributed by atoms with Crippen LogP contribution in [0.25, 0.3) is 0 Å². The number of nitrogens with one attached hydrogen (secondary N) is 1.